The molecule has 0 aliphatic heterocycles. The normalized spacial score (nSPS) is 13.8. The van der Waals surface area contributed by atoms with Crippen molar-refractivity contribution in [3.05, 3.63) is 70.7 Å². The lowest BCUT2D eigenvalue weighted by molar-refractivity contribution is 0.0991. The molecule has 4 heteroatoms. The van der Waals surface area contributed by atoms with Crippen molar-refractivity contribution >= 4 is 49.2 Å². The molecular formula is C15H11Br2ClO. The Morgan fingerprint density at radius 3 is 2.11 bits per heavy atom. The smallest absolute Gasteiger partial charge is 0.177 e. The third-order valence-electron chi connectivity index (χ3n) is 2.75. The lowest BCUT2D eigenvalue weighted by atomic mass is 10.0. The van der Waals surface area contributed by atoms with E-state index in [4.69, 9.17) is 11.6 Å². The van der Waals surface area contributed by atoms with Gasteiger partial charge in [0.15, 0.2) is 5.78 Å². The molecule has 1 nitrogen and oxygen atoms in total. The van der Waals surface area contributed by atoms with Crippen molar-refractivity contribution in [1.82, 2.24) is 0 Å². The number of Topliss-reactive ketones (excluding diaryl/α,β-unsaturated/α-hetero) is 1. The van der Waals surface area contributed by atoms with Crippen LogP contribution >= 0.6 is 43.5 Å². The average Bonchev–Trinajstić information content (AvgIpc) is 2.46. The molecule has 0 aromatic heterocycles. The second-order valence-corrected chi connectivity index (χ2v) is 6.49. The number of hydrogen-bond donors (Lipinski definition) is 0. The number of ketones is 1. The monoisotopic (exact) mass is 400 g/mol. The fraction of sp³-hybridized carbons (Fsp3) is 0.133. The van der Waals surface area contributed by atoms with Crippen LogP contribution in [0.3, 0.4) is 0 Å². The molecule has 0 unspecified atom stereocenters. The highest BCUT2D eigenvalue weighted by Crippen LogP contribution is 2.33. The SMILES string of the molecule is O=C(c1ccccc1)[C@H](Br)[C@H](Br)c1ccc(Cl)cc1. The van der Waals surface area contributed by atoms with Crippen LogP contribution < -0.4 is 0 Å². The van der Waals surface area contributed by atoms with Gasteiger partial charge in [-0.2, -0.15) is 0 Å². The molecule has 2 rings (SSSR count). The molecular weight excluding hydrogens is 391 g/mol. The van der Waals surface area contributed by atoms with E-state index in [0.29, 0.717) is 10.6 Å². The summed E-state index contributed by atoms with van der Waals surface area (Å²) in [5.41, 5.74) is 1.71. The van der Waals surface area contributed by atoms with Crippen LogP contribution in [0.15, 0.2) is 54.6 Å². The summed E-state index contributed by atoms with van der Waals surface area (Å²) in [6.07, 6.45) is 0. The van der Waals surface area contributed by atoms with Gasteiger partial charge in [0.25, 0.3) is 0 Å². The molecule has 0 fully saturated rings. The van der Waals surface area contributed by atoms with Crippen molar-refractivity contribution in [2.45, 2.75) is 9.65 Å². The van der Waals surface area contributed by atoms with Crippen molar-refractivity contribution in [3.8, 4) is 0 Å². The van der Waals surface area contributed by atoms with Crippen LogP contribution in [0.2, 0.25) is 5.02 Å². The Hall–Kier alpha value is -0.640. The van der Waals surface area contributed by atoms with Gasteiger partial charge >= 0.3 is 0 Å². The van der Waals surface area contributed by atoms with E-state index in [-0.39, 0.29) is 15.4 Å². The third-order valence-corrected chi connectivity index (χ3v) is 5.72. The van der Waals surface area contributed by atoms with Crippen molar-refractivity contribution < 1.29 is 4.79 Å². The molecule has 0 N–H and O–H groups in total. The van der Waals surface area contributed by atoms with Gasteiger partial charge in [-0.1, -0.05) is 85.9 Å². The van der Waals surface area contributed by atoms with Crippen LogP contribution in [0.5, 0.6) is 0 Å². The van der Waals surface area contributed by atoms with Gasteiger partial charge in [-0.15, -0.1) is 0 Å². The summed E-state index contributed by atoms with van der Waals surface area (Å²) >= 11 is 12.9. The summed E-state index contributed by atoms with van der Waals surface area (Å²) < 4.78 is 0. The summed E-state index contributed by atoms with van der Waals surface area (Å²) in [5.74, 6) is 0.0532. The van der Waals surface area contributed by atoms with Gasteiger partial charge in [-0.3, -0.25) is 4.79 Å². The van der Waals surface area contributed by atoms with Crippen LogP contribution in [0.25, 0.3) is 0 Å². The lowest BCUT2D eigenvalue weighted by Crippen LogP contribution is -2.19. The largest absolute Gasteiger partial charge is 0.293 e. The first-order valence-corrected chi connectivity index (χ1v) is 7.93. The van der Waals surface area contributed by atoms with Crippen molar-refractivity contribution in [2.75, 3.05) is 0 Å². The minimum atomic E-state index is -0.323. The molecule has 0 bridgehead atoms. The number of halogens is 3. The predicted octanol–water partition coefficient (Wildman–Crippen LogP) is 5.42. The Bertz CT molecular complexity index is 554. The zero-order valence-electron chi connectivity index (χ0n) is 9.89. The van der Waals surface area contributed by atoms with E-state index in [1.807, 2.05) is 54.6 Å². The first-order chi connectivity index (χ1) is 9.09. The van der Waals surface area contributed by atoms with Crippen LogP contribution in [-0.4, -0.2) is 10.6 Å². The lowest BCUT2D eigenvalue weighted by Gasteiger charge is -2.16. The van der Waals surface area contributed by atoms with Crippen LogP contribution in [0.4, 0.5) is 0 Å². The van der Waals surface area contributed by atoms with Crippen molar-refractivity contribution in [2.24, 2.45) is 0 Å². The second-order valence-electron chi connectivity index (χ2n) is 4.09. The Balaban J connectivity index is 2.17. The summed E-state index contributed by atoms with van der Waals surface area (Å²) in [7, 11) is 0. The Kier molecular flexibility index (Phi) is 5.20. The number of carbonyl (C=O) groups excluding carboxylic acids is 1. The maximum atomic E-state index is 12.3. The average molecular weight is 403 g/mol. The molecule has 0 amide bonds. The first-order valence-electron chi connectivity index (χ1n) is 5.72. The summed E-state index contributed by atoms with van der Waals surface area (Å²) in [6.45, 7) is 0. The summed E-state index contributed by atoms with van der Waals surface area (Å²) in [4.78, 5) is 11.9. The van der Waals surface area contributed by atoms with E-state index in [2.05, 4.69) is 31.9 Å². The molecule has 0 heterocycles. The number of hydrogen-bond acceptors (Lipinski definition) is 1. The zero-order valence-corrected chi connectivity index (χ0v) is 13.8. The minimum Gasteiger partial charge on any atom is -0.293 e. The molecule has 2 atom stereocenters. The maximum Gasteiger partial charge on any atom is 0.177 e. The fourth-order valence-electron chi connectivity index (χ4n) is 1.71. The third kappa shape index (κ3) is 3.68. The molecule has 0 aliphatic rings. The zero-order chi connectivity index (χ0) is 13.8. The molecule has 0 radical (unpaired) electrons. The summed E-state index contributed by atoms with van der Waals surface area (Å²) in [6, 6.07) is 16.7. The van der Waals surface area contributed by atoms with Gasteiger partial charge in [-0.05, 0) is 17.7 Å². The Labute approximate surface area is 134 Å². The van der Waals surface area contributed by atoms with E-state index < -0.39 is 0 Å². The second kappa shape index (κ2) is 6.69. The predicted molar refractivity (Wildman–Crippen MR) is 86.6 cm³/mol. The summed E-state index contributed by atoms with van der Waals surface area (Å²) in [5, 5.41) is 0.684. The molecule has 0 saturated heterocycles. The fourth-order valence-corrected chi connectivity index (χ4v) is 2.95. The van der Waals surface area contributed by atoms with E-state index >= 15 is 0 Å². The van der Waals surface area contributed by atoms with Crippen LogP contribution in [0, 0.1) is 0 Å². The highest BCUT2D eigenvalue weighted by atomic mass is 79.9. The van der Waals surface area contributed by atoms with Gasteiger partial charge in [0, 0.05) is 10.6 Å². The molecule has 0 saturated carbocycles. The van der Waals surface area contributed by atoms with Gasteiger partial charge in [0.1, 0.15) is 0 Å². The quantitative estimate of drug-likeness (QED) is 0.493. The Morgan fingerprint density at radius 2 is 1.53 bits per heavy atom. The molecule has 0 aliphatic carbocycles. The first kappa shape index (κ1) is 14.8. The number of alkyl halides is 2. The molecule has 19 heavy (non-hydrogen) atoms. The van der Waals surface area contributed by atoms with Crippen molar-refractivity contribution in [1.29, 1.82) is 0 Å². The van der Waals surface area contributed by atoms with Gasteiger partial charge < -0.3 is 0 Å². The van der Waals surface area contributed by atoms with E-state index in [1.165, 1.54) is 0 Å². The number of rotatable bonds is 4. The van der Waals surface area contributed by atoms with E-state index in [0.717, 1.165) is 5.56 Å². The molecule has 0 spiro atoms. The van der Waals surface area contributed by atoms with Gasteiger partial charge in [0.05, 0.1) is 9.65 Å². The topological polar surface area (TPSA) is 17.1 Å². The Morgan fingerprint density at radius 1 is 0.947 bits per heavy atom. The van der Waals surface area contributed by atoms with Gasteiger partial charge in [0.2, 0.25) is 0 Å². The van der Waals surface area contributed by atoms with Crippen LogP contribution in [0.1, 0.15) is 20.7 Å². The van der Waals surface area contributed by atoms with Crippen molar-refractivity contribution in [3.63, 3.8) is 0 Å². The van der Waals surface area contributed by atoms with E-state index in [1.54, 1.807) is 0 Å². The van der Waals surface area contributed by atoms with Gasteiger partial charge in [-0.25, -0.2) is 0 Å². The molecule has 2 aromatic rings. The maximum absolute atomic E-state index is 12.3. The van der Waals surface area contributed by atoms with Crippen LogP contribution in [-0.2, 0) is 0 Å². The standard InChI is InChI=1S/C15H11Br2ClO/c16-13(10-6-8-12(18)9-7-10)14(17)15(19)11-4-2-1-3-5-11/h1-9,13-14H/t13-,14-/m1/s1. The number of benzene rings is 2. The minimum absolute atomic E-state index is 0.0532. The van der Waals surface area contributed by atoms with E-state index in [9.17, 15) is 4.79 Å². The molecule has 2 aromatic carbocycles. The highest BCUT2D eigenvalue weighted by molar-refractivity contribution is 9.12. The molecule has 98 valence electrons. The highest BCUT2D eigenvalue weighted by Gasteiger charge is 2.25. The number of carbonyl (C=O) groups is 1.